The maximum atomic E-state index is 12.2. The van der Waals surface area contributed by atoms with E-state index in [9.17, 15) is 9.59 Å². The van der Waals surface area contributed by atoms with Crippen molar-refractivity contribution >= 4 is 11.9 Å². The van der Waals surface area contributed by atoms with Gasteiger partial charge in [0.05, 0.1) is 5.92 Å². The van der Waals surface area contributed by atoms with E-state index in [1.807, 2.05) is 19.1 Å². The lowest BCUT2D eigenvalue weighted by molar-refractivity contribution is -0.158. The zero-order valence-corrected chi connectivity index (χ0v) is 14.8. The Morgan fingerprint density at radius 3 is 2.17 bits per heavy atom. The van der Waals surface area contributed by atoms with Gasteiger partial charge in [-0.3, -0.25) is 9.59 Å². The molecule has 1 rings (SSSR count). The van der Waals surface area contributed by atoms with E-state index in [0.717, 1.165) is 12.0 Å². The highest BCUT2D eigenvalue weighted by molar-refractivity contribution is 5.77. The van der Waals surface area contributed by atoms with Crippen molar-refractivity contribution in [1.82, 2.24) is 0 Å². The molecule has 128 valence electrons. The van der Waals surface area contributed by atoms with Crippen molar-refractivity contribution in [2.24, 2.45) is 5.92 Å². The number of hydrogen-bond acceptors (Lipinski definition) is 4. The third-order valence-electron chi connectivity index (χ3n) is 3.56. The van der Waals surface area contributed by atoms with Gasteiger partial charge in [0.2, 0.25) is 0 Å². The summed E-state index contributed by atoms with van der Waals surface area (Å²) in [6.07, 6.45) is 0.902. The Kier molecular flexibility index (Phi) is 7.79. The second kappa shape index (κ2) is 9.33. The van der Waals surface area contributed by atoms with Gasteiger partial charge in [0.1, 0.15) is 12.7 Å². The largest absolute Gasteiger partial charge is 0.462 e. The van der Waals surface area contributed by atoms with Crippen molar-refractivity contribution in [2.75, 3.05) is 6.61 Å². The molecule has 2 unspecified atom stereocenters. The van der Waals surface area contributed by atoms with Gasteiger partial charge in [-0.25, -0.2) is 0 Å². The molecule has 0 amide bonds. The first-order valence-corrected chi connectivity index (χ1v) is 8.28. The van der Waals surface area contributed by atoms with Crippen molar-refractivity contribution in [3.8, 4) is 0 Å². The summed E-state index contributed by atoms with van der Waals surface area (Å²) in [6, 6.07) is 8.08. The van der Waals surface area contributed by atoms with Gasteiger partial charge in [0.15, 0.2) is 0 Å². The van der Waals surface area contributed by atoms with Crippen LogP contribution < -0.4 is 0 Å². The first-order chi connectivity index (χ1) is 10.8. The summed E-state index contributed by atoms with van der Waals surface area (Å²) in [5.74, 6) is -0.328. The van der Waals surface area contributed by atoms with Crippen LogP contribution >= 0.6 is 0 Å². The van der Waals surface area contributed by atoms with E-state index in [1.165, 1.54) is 5.56 Å². The van der Waals surface area contributed by atoms with Crippen LogP contribution in [0.15, 0.2) is 24.3 Å². The van der Waals surface area contributed by atoms with E-state index in [1.54, 1.807) is 13.8 Å². The molecule has 0 radical (unpaired) electrons. The standard InChI is InChI=1S/C19H28O4/c1-6-18(20)22-12-14(4)23-19(21)15(5)17-9-7-16(8-10-17)11-13(2)3/h7-10,13-15H,6,11-12H2,1-5H3. The number of carbonyl (C=O) groups is 2. The Bertz CT molecular complexity index is 505. The summed E-state index contributed by atoms with van der Waals surface area (Å²) in [6.45, 7) is 9.73. The van der Waals surface area contributed by atoms with Crippen molar-refractivity contribution < 1.29 is 19.1 Å². The second-order valence-corrected chi connectivity index (χ2v) is 6.35. The lowest BCUT2D eigenvalue weighted by Crippen LogP contribution is -2.24. The number of benzene rings is 1. The van der Waals surface area contributed by atoms with Gasteiger partial charge >= 0.3 is 11.9 Å². The Morgan fingerprint density at radius 2 is 1.65 bits per heavy atom. The average Bonchev–Trinajstić information content (AvgIpc) is 2.52. The van der Waals surface area contributed by atoms with E-state index < -0.39 is 6.10 Å². The van der Waals surface area contributed by atoms with Crippen molar-refractivity contribution in [3.05, 3.63) is 35.4 Å². The van der Waals surface area contributed by atoms with Crippen LogP contribution in [0.4, 0.5) is 0 Å². The molecule has 2 atom stereocenters. The van der Waals surface area contributed by atoms with E-state index in [2.05, 4.69) is 26.0 Å². The van der Waals surface area contributed by atoms with E-state index >= 15 is 0 Å². The minimum atomic E-state index is -0.444. The van der Waals surface area contributed by atoms with Gasteiger partial charge < -0.3 is 9.47 Å². The molecule has 23 heavy (non-hydrogen) atoms. The molecule has 4 nitrogen and oxygen atoms in total. The molecule has 1 aromatic carbocycles. The Labute approximate surface area is 139 Å². The number of ether oxygens (including phenoxy) is 2. The normalized spacial score (nSPS) is 13.5. The topological polar surface area (TPSA) is 52.6 Å². The summed E-state index contributed by atoms with van der Waals surface area (Å²) < 4.78 is 10.3. The van der Waals surface area contributed by atoms with Gasteiger partial charge in [-0.1, -0.05) is 45.0 Å². The highest BCUT2D eigenvalue weighted by Gasteiger charge is 2.20. The van der Waals surface area contributed by atoms with Gasteiger partial charge in [-0.2, -0.15) is 0 Å². The zero-order valence-electron chi connectivity index (χ0n) is 14.8. The predicted octanol–water partition coefficient (Wildman–Crippen LogP) is 3.87. The first kappa shape index (κ1) is 19.2. The lowest BCUT2D eigenvalue weighted by Gasteiger charge is -2.17. The maximum absolute atomic E-state index is 12.2. The number of esters is 2. The molecular formula is C19H28O4. The maximum Gasteiger partial charge on any atom is 0.313 e. The van der Waals surface area contributed by atoms with Gasteiger partial charge in [-0.05, 0) is 37.3 Å². The van der Waals surface area contributed by atoms with Crippen molar-refractivity contribution in [1.29, 1.82) is 0 Å². The smallest absolute Gasteiger partial charge is 0.313 e. The van der Waals surface area contributed by atoms with Crippen molar-refractivity contribution in [3.63, 3.8) is 0 Å². The summed E-state index contributed by atoms with van der Waals surface area (Å²) in [4.78, 5) is 23.3. The lowest BCUT2D eigenvalue weighted by atomic mass is 9.97. The average molecular weight is 320 g/mol. The first-order valence-electron chi connectivity index (χ1n) is 8.28. The number of carbonyl (C=O) groups excluding carboxylic acids is 2. The molecule has 0 fully saturated rings. The van der Waals surface area contributed by atoms with E-state index in [-0.39, 0.29) is 24.5 Å². The fourth-order valence-corrected chi connectivity index (χ4v) is 2.20. The van der Waals surface area contributed by atoms with Crippen LogP contribution in [-0.4, -0.2) is 24.6 Å². The Balaban J connectivity index is 2.53. The molecule has 0 saturated carbocycles. The summed E-state index contributed by atoms with van der Waals surface area (Å²) in [5.41, 5.74) is 2.20. The van der Waals surface area contributed by atoms with Crippen LogP contribution in [0.1, 0.15) is 58.1 Å². The van der Waals surface area contributed by atoms with Gasteiger partial charge in [0.25, 0.3) is 0 Å². The van der Waals surface area contributed by atoms with E-state index in [4.69, 9.17) is 9.47 Å². The quantitative estimate of drug-likeness (QED) is 0.682. The van der Waals surface area contributed by atoms with Gasteiger partial charge in [-0.15, -0.1) is 0 Å². The van der Waals surface area contributed by atoms with Crippen molar-refractivity contribution in [2.45, 2.75) is 59.5 Å². The van der Waals surface area contributed by atoms with Crippen LogP contribution in [0.25, 0.3) is 0 Å². The van der Waals surface area contributed by atoms with Crippen LogP contribution in [0, 0.1) is 5.92 Å². The number of rotatable bonds is 8. The minimum Gasteiger partial charge on any atom is -0.462 e. The fourth-order valence-electron chi connectivity index (χ4n) is 2.20. The van der Waals surface area contributed by atoms with Gasteiger partial charge in [0, 0.05) is 6.42 Å². The molecule has 0 saturated heterocycles. The molecule has 0 N–H and O–H groups in total. The summed E-state index contributed by atoms with van der Waals surface area (Å²) in [5, 5.41) is 0. The number of hydrogen-bond donors (Lipinski definition) is 0. The zero-order chi connectivity index (χ0) is 17.4. The van der Waals surface area contributed by atoms with Crippen LogP contribution in [-0.2, 0) is 25.5 Å². The molecule has 4 heteroatoms. The molecule has 0 bridgehead atoms. The second-order valence-electron chi connectivity index (χ2n) is 6.35. The molecule has 0 spiro atoms. The fraction of sp³-hybridized carbons (Fsp3) is 0.579. The molecule has 1 aromatic rings. The Morgan fingerprint density at radius 1 is 1.04 bits per heavy atom. The third-order valence-corrected chi connectivity index (χ3v) is 3.56. The highest BCUT2D eigenvalue weighted by atomic mass is 16.6. The molecule has 0 aliphatic heterocycles. The predicted molar refractivity (Wildman–Crippen MR) is 90.2 cm³/mol. The van der Waals surface area contributed by atoms with E-state index in [0.29, 0.717) is 12.3 Å². The molecule has 0 aromatic heterocycles. The third kappa shape index (κ3) is 6.85. The molecular weight excluding hydrogens is 292 g/mol. The molecule has 0 aliphatic carbocycles. The Hall–Kier alpha value is -1.84. The summed E-state index contributed by atoms with van der Waals surface area (Å²) in [7, 11) is 0. The monoisotopic (exact) mass is 320 g/mol. The summed E-state index contributed by atoms with van der Waals surface area (Å²) >= 11 is 0. The van der Waals surface area contributed by atoms with Crippen LogP contribution in [0.3, 0.4) is 0 Å². The van der Waals surface area contributed by atoms with Crippen LogP contribution in [0.5, 0.6) is 0 Å². The highest BCUT2D eigenvalue weighted by Crippen LogP contribution is 2.19. The SMILES string of the molecule is CCC(=O)OCC(C)OC(=O)C(C)c1ccc(CC(C)C)cc1. The molecule has 0 heterocycles. The van der Waals surface area contributed by atoms with Crippen LogP contribution in [0.2, 0.25) is 0 Å². The molecule has 0 aliphatic rings. The minimum absolute atomic E-state index is 0.0957.